The SMILES string of the molecule is c1ccc(C(c2ccccc2)c2cc3c4c(c2)N(C2C(C5CCCCC5)CCCC2C2CCCCC2)c2cc5c(cc2B4c2ccccc2N3c2ccccc2)C2(c3cc4c(cc3S5)N(c3ccccc3)c3cc(N(c5ccccc5)c5ccccc5)cc5c3B4c3ccccc3N5c3ccccc3)c3ccccc3-c3ccccc32)cc1. The maximum absolute atomic E-state index is 3.18. The van der Waals surface area contributed by atoms with Crippen molar-refractivity contribution in [1.82, 2.24) is 0 Å². The van der Waals surface area contributed by atoms with Crippen molar-refractivity contribution in [3.05, 3.63) is 397 Å². The van der Waals surface area contributed by atoms with E-state index >= 15 is 0 Å². The third-order valence-electron chi connectivity index (χ3n) is 28.9. The fourth-order valence-electron chi connectivity index (χ4n) is 24.3. The van der Waals surface area contributed by atoms with Crippen LogP contribution in [0.25, 0.3) is 11.1 Å². The monoisotopic (exact) mass is 1540 g/mol. The van der Waals surface area contributed by atoms with Crippen molar-refractivity contribution in [2.24, 2.45) is 23.7 Å². The molecule has 0 radical (unpaired) electrons. The summed E-state index contributed by atoms with van der Waals surface area (Å²) < 4.78 is 0. The molecule has 3 fully saturated rings. The van der Waals surface area contributed by atoms with Crippen molar-refractivity contribution in [3.8, 4) is 11.1 Å². The minimum Gasteiger partial charge on any atom is -0.339 e. The number of rotatable bonds is 12. The third kappa shape index (κ3) is 10.9. The first kappa shape index (κ1) is 70.0. The molecule has 0 N–H and O–H groups in total. The van der Waals surface area contributed by atoms with Gasteiger partial charge in [0.1, 0.15) is 0 Å². The molecule has 0 saturated heterocycles. The molecular weight excluding hydrogens is 1440 g/mol. The van der Waals surface area contributed by atoms with Crippen molar-refractivity contribution < 1.29 is 0 Å². The second-order valence-corrected chi connectivity index (χ2v) is 35.9. The van der Waals surface area contributed by atoms with E-state index in [1.165, 1.54) is 227 Å². The smallest absolute Gasteiger partial charge is 0.252 e. The lowest BCUT2D eigenvalue weighted by atomic mass is 9.33. The van der Waals surface area contributed by atoms with E-state index in [1.54, 1.807) is 0 Å². The number of hydrogen-bond donors (Lipinski definition) is 0. The summed E-state index contributed by atoms with van der Waals surface area (Å²) in [6, 6.07) is 139. The lowest BCUT2D eigenvalue weighted by Crippen LogP contribution is -2.65. The van der Waals surface area contributed by atoms with Gasteiger partial charge < -0.3 is 24.5 Å². The number of hydrogen-bond acceptors (Lipinski definition) is 6. The summed E-state index contributed by atoms with van der Waals surface area (Å²) in [7, 11) is 0. The van der Waals surface area contributed by atoms with Gasteiger partial charge in [0.15, 0.2) is 0 Å². The van der Waals surface area contributed by atoms with E-state index in [0.717, 1.165) is 28.4 Å². The molecule has 2 unspecified atom stereocenters. The molecule has 0 amide bonds. The van der Waals surface area contributed by atoms with E-state index in [4.69, 9.17) is 0 Å². The molecule has 568 valence electrons. The van der Waals surface area contributed by atoms with Crippen LogP contribution in [-0.4, -0.2) is 19.5 Å². The molecule has 9 aliphatic rings. The van der Waals surface area contributed by atoms with Crippen LogP contribution in [0.3, 0.4) is 0 Å². The average Bonchev–Trinajstić information content (AvgIpc) is 1.32. The van der Waals surface area contributed by atoms with Gasteiger partial charge >= 0.3 is 0 Å². The van der Waals surface area contributed by atoms with Crippen LogP contribution in [0.4, 0.5) is 79.6 Å². The van der Waals surface area contributed by atoms with Gasteiger partial charge in [-0.15, -0.1) is 0 Å². The number of benzene rings is 15. The van der Waals surface area contributed by atoms with Gasteiger partial charge in [0.25, 0.3) is 13.4 Å². The Kier molecular flexibility index (Phi) is 16.9. The van der Waals surface area contributed by atoms with Crippen molar-refractivity contribution >= 4 is 138 Å². The van der Waals surface area contributed by atoms with Crippen LogP contribution in [0.5, 0.6) is 0 Å². The quantitative estimate of drug-likeness (QED) is 0.0889. The van der Waals surface area contributed by atoms with Gasteiger partial charge in [0, 0.05) is 95.7 Å². The van der Waals surface area contributed by atoms with Gasteiger partial charge in [0.05, 0.1) is 11.1 Å². The van der Waals surface area contributed by atoms with E-state index in [1.807, 2.05) is 0 Å². The summed E-state index contributed by atoms with van der Waals surface area (Å²) in [6.07, 6.45) is 17.2. The van der Waals surface area contributed by atoms with Gasteiger partial charge in [-0.1, -0.05) is 331 Å². The number of anilines is 14. The van der Waals surface area contributed by atoms with Gasteiger partial charge in [0.2, 0.25) is 0 Å². The Bertz CT molecular complexity index is 6220. The highest BCUT2D eigenvalue weighted by molar-refractivity contribution is 7.99. The maximum Gasteiger partial charge on any atom is 0.252 e. The minimum atomic E-state index is -0.755. The molecule has 4 aliphatic carbocycles. The Balaban J connectivity index is 0.812. The molecule has 5 aliphatic heterocycles. The first-order chi connectivity index (χ1) is 58.6. The molecule has 3 saturated carbocycles. The molecule has 15 aromatic carbocycles. The van der Waals surface area contributed by atoms with Crippen LogP contribution < -0.4 is 57.3 Å². The number of fused-ring (bicyclic) bond motifs is 17. The average molecular weight is 1540 g/mol. The predicted molar refractivity (Wildman–Crippen MR) is 496 cm³/mol. The molecule has 15 aromatic rings. The first-order valence-electron chi connectivity index (χ1n) is 43.7. The third-order valence-corrected chi connectivity index (χ3v) is 30.0. The minimum absolute atomic E-state index is 0.0314. The van der Waals surface area contributed by atoms with Crippen LogP contribution in [0.1, 0.15) is 128 Å². The van der Waals surface area contributed by atoms with Gasteiger partial charge in [-0.2, -0.15) is 0 Å². The fraction of sp³-hybridized carbons (Fsp3) is 0.182. The van der Waals surface area contributed by atoms with Crippen LogP contribution in [0, 0.1) is 23.7 Å². The van der Waals surface area contributed by atoms with Crippen molar-refractivity contribution in [1.29, 1.82) is 0 Å². The predicted octanol–water partition coefficient (Wildman–Crippen LogP) is 24.9. The van der Waals surface area contributed by atoms with Crippen LogP contribution in [0.15, 0.2) is 368 Å². The van der Waals surface area contributed by atoms with Gasteiger partial charge in [-0.3, -0.25) is 0 Å². The Morgan fingerprint density at radius 1 is 0.288 bits per heavy atom. The summed E-state index contributed by atoms with van der Waals surface area (Å²) in [4.78, 5) is 16.2. The Labute approximate surface area is 699 Å². The largest absolute Gasteiger partial charge is 0.339 e. The fourth-order valence-corrected chi connectivity index (χ4v) is 25.5. The van der Waals surface area contributed by atoms with Crippen molar-refractivity contribution in [2.75, 3.05) is 24.5 Å². The normalized spacial score (nSPS) is 18.3. The molecule has 118 heavy (non-hydrogen) atoms. The molecule has 24 rings (SSSR count). The van der Waals surface area contributed by atoms with Crippen LogP contribution in [0.2, 0.25) is 0 Å². The van der Waals surface area contributed by atoms with E-state index in [0.29, 0.717) is 23.7 Å². The highest BCUT2D eigenvalue weighted by Crippen LogP contribution is 2.65. The molecule has 5 heterocycles. The number of nitrogens with zero attached hydrogens (tertiary/aromatic N) is 5. The van der Waals surface area contributed by atoms with Gasteiger partial charge in [-0.05, 0) is 229 Å². The maximum atomic E-state index is 3.18. The second-order valence-electron chi connectivity index (χ2n) is 34.8. The van der Waals surface area contributed by atoms with E-state index in [-0.39, 0.29) is 25.4 Å². The van der Waals surface area contributed by atoms with Crippen molar-refractivity contribution in [3.63, 3.8) is 0 Å². The Morgan fingerprint density at radius 3 is 1.15 bits per heavy atom. The highest BCUT2D eigenvalue weighted by atomic mass is 32.2. The highest BCUT2D eigenvalue weighted by Gasteiger charge is 2.57. The van der Waals surface area contributed by atoms with Crippen molar-refractivity contribution in [2.45, 2.75) is 111 Å². The van der Waals surface area contributed by atoms with E-state index < -0.39 is 5.41 Å². The molecule has 1 spiro atoms. The van der Waals surface area contributed by atoms with Crippen LogP contribution in [-0.2, 0) is 5.41 Å². The Morgan fingerprint density at radius 2 is 0.669 bits per heavy atom. The second kappa shape index (κ2) is 28.6. The number of para-hydroxylation sites is 7. The summed E-state index contributed by atoms with van der Waals surface area (Å²) in [5.41, 5.74) is 36.3. The zero-order valence-corrected chi connectivity index (χ0v) is 67.3. The van der Waals surface area contributed by atoms with Gasteiger partial charge in [-0.25, -0.2) is 0 Å². The summed E-state index contributed by atoms with van der Waals surface area (Å²) in [5.74, 6) is 2.36. The first-order valence-corrected chi connectivity index (χ1v) is 44.5. The molecule has 0 aromatic heterocycles. The van der Waals surface area contributed by atoms with E-state index in [9.17, 15) is 0 Å². The Hall–Kier alpha value is -12.2. The summed E-state index contributed by atoms with van der Waals surface area (Å²) >= 11 is 2.05. The zero-order valence-electron chi connectivity index (χ0n) is 66.5. The van der Waals surface area contributed by atoms with Crippen LogP contribution >= 0.6 is 11.8 Å². The molecule has 0 bridgehead atoms. The molecule has 2 atom stereocenters. The lowest BCUT2D eigenvalue weighted by Gasteiger charge is -2.55. The molecule has 8 heteroatoms. The standard InChI is InChI=1S/C110H91B2N5S/c1-10-37-73(38-11-1)84-57-36-58-85(74-39-12-2-13-40-74)109(84)117-99-72-105-91(70-95(99)112-92-61-32-34-63-96(92)114(80-49-22-7-23-50-80)100-65-77(66-101(117)107(100)112)106(75-41-14-3-15-42-75)76-43-16-4-17-44-76)110(88-59-30-28-55-86(88)87-56-29-31-60-89(87)110)90-69-94-98(71-104(90)118-105)116(82-53-26-9-27-54-82)103-68-83(113(78-45-18-5-19-46-78)79-47-20-6-21-48-79)67-102-108(103)111(94)93-62-33-35-64-97(93)115(102)81-51-24-8-25-52-81/h3-9,14-35,41-56,59-74,84-85,106,109H,1-2,10-13,36-40,57-58H2. The summed E-state index contributed by atoms with van der Waals surface area (Å²) in [5, 5.41) is 0. The zero-order chi connectivity index (χ0) is 77.5. The lowest BCUT2D eigenvalue weighted by molar-refractivity contribution is 0.0839. The molecular formula is C110H91B2N5S. The summed E-state index contributed by atoms with van der Waals surface area (Å²) in [6.45, 7) is -0.267. The molecule has 5 nitrogen and oxygen atoms in total. The van der Waals surface area contributed by atoms with E-state index in [2.05, 4.69) is 394 Å². The topological polar surface area (TPSA) is 16.2 Å².